The van der Waals surface area contributed by atoms with Crippen molar-refractivity contribution >= 4 is 41.2 Å². The fraction of sp³-hybridized carbons (Fsp3) is 0.545. The maximum atomic E-state index is 12.9. The molecule has 1 saturated carbocycles. The molecule has 2 heterocycles. The van der Waals surface area contributed by atoms with E-state index in [1.807, 2.05) is 23.6 Å². The molecule has 4 rings (SSSR count). The van der Waals surface area contributed by atoms with Crippen LogP contribution in [0.3, 0.4) is 0 Å². The molecule has 1 aliphatic carbocycles. The van der Waals surface area contributed by atoms with Gasteiger partial charge in [-0.05, 0) is 50.5 Å². The van der Waals surface area contributed by atoms with Crippen molar-refractivity contribution in [2.45, 2.75) is 51.1 Å². The molecule has 0 bridgehead atoms. The summed E-state index contributed by atoms with van der Waals surface area (Å²) in [7, 11) is 0. The van der Waals surface area contributed by atoms with Crippen LogP contribution in [0.5, 0.6) is 0 Å². The Morgan fingerprint density at radius 1 is 1.16 bits per heavy atom. The quantitative estimate of drug-likeness (QED) is 0.695. The summed E-state index contributed by atoms with van der Waals surface area (Å²) in [6.45, 7) is 4.87. The van der Waals surface area contributed by atoms with Gasteiger partial charge in [-0.1, -0.05) is 12.8 Å². The van der Waals surface area contributed by atoms with E-state index in [9.17, 15) is 19.2 Å². The van der Waals surface area contributed by atoms with Gasteiger partial charge in [0.1, 0.15) is 11.6 Å². The van der Waals surface area contributed by atoms with Crippen molar-refractivity contribution in [3.8, 4) is 0 Å². The van der Waals surface area contributed by atoms with Crippen LogP contribution < -0.4 is 10.6 Å². The van der Waals surface area contributed by atoms with Crippen LogP contribution in [0.4, 0.5) is 10.5 Å². The number of amides is 5. The van der Waals surface area contributed by atoms with Crippen molar-refractivity contribution in [2.75, 3.05) is 29.9 Å². The highest BCUT2D eigenvalue weighted by Gasteiger charge is 2.54. The lowest BCUT2D eigenvalue weighted by atomic mass is 9.97. The van der Waals surface area contributed by atoms with E-state index in [4.69, 9.17) is 0 Å². The van der Waals surface area contributed by atoms with Crippen molar-refractivity contribution < 1.29 is 19.2 Å². The number of carbonyl (C=O) groups excluding carboxylic acids is 4. The van der Waals surface area contributed by atoms with Crippen LogP contribution in [0, 0.1) is 6.92 Å². The van der Waals surface area contributed by atoms with Gasteiger partial charge >= 0.3 is 6.03 Å². The van der Waals surface area contributed by atoms with E-state index in [2.05, 4.69) is 10.6 Å². The fourth-order valence-electron chi connectivity index (χ4n) is 4.55. The second-order valence-corrected chi connectivity index (χ2v) is 9.72. The number of carbonyl (C=O) groups is 4. The van der Waals surface area contributed by atoms with E-state index < -0.39 is 23.5 Å². The molecule has 5 amide bonds. The molecule has 2 N–H and O–H groups in total. The number of aryl methyl sites for hydroxylation is 1. The van der Waals surface area contributed by atoms with E-state index in [0.29, 0.717) is 24.1 Å². The van der Waals surface area contributed by atoms with Crippen LogP contribution in [-0.2, 0) is 9.59 Å². The first-order valence-electron chi connectivity index (χ1n) is 10.8. The molecule has 31 heavy (non-hydrogen) atoms. The maximum absolute atomic E-state index is 12.9. The van der Waals surface area contributed by atoms with Gasteiger partial charge in [-0.15, -0.1) is 0 Å². The second kappa shape index (κ2) is 8.53. The molecule has 2 saturated heterocycles. The third kappa shape index (κ3) is 4.03. The number of hydrogen-bond acceptors (Lipinski definition) is 5. The zero-order valence-corrected chi connectivity index (χ0v) is 18.7. The van der Waals surface area contributed by atoms with Crippen LogP contribution >= 0.6 is 11.8 Å². The van der Waals surface area contributed by atoms with Gasteiger partial charge in [0.05, 0.1) is 0 Å². The van der Waals surface area contributed by atoms with Crippen LogP contribution in [-0.4, -0.2) is 69.7 Å². The third-order valence-electron chi connectivity index (χ3n) is 6.45. The lowest BCUT2D eigenvalue weighted by molar-refractivity contribution is -0.136. The predicted octanol–water partition coefficient (Wildman–Crippen LogP) is 2.38. The number of nitrogens with one attached hydrogen (secondary N) is 2. The highest BCUT2D eigenvalue weighted by Crippen LogP contribution is 2.36. The Hall–Kier alpha value is -2.55. The summed E-state index contributed by atoms with van der Waals surface area (Å²) in [5.41, 5.74) is 1.07. The minimum atomic E-state index is -0.931. The molecule has 1 aromatic rings. The van der Waals surface area contributed by atoms with Gasteiger partial charge in [-0.2, -0.15) is 11.8 Å². The summed E-state index contributed by atoms with van der Waals surface area (Å²) in [5.74, 6) is 1.14. The SMILES string of the molecule is Cc1cc(C(=O)N2CCSCC2)ccc1NC(=O)C(C)N1C(=O)NC2(CCCC2)C1=O. The molecule has 1 unspecified atom stereocenters. The number of nitrogens with zero attached hydrogens (tertiary/aromatic N) is 2. The van der Waals surface area contributed by atoms with Gasteiger partial charge < -0.3 is 15.5 Å². The molecule has 0 aromatic heterocycles. The first-order valence-corrected chi connectivity index (χ1v) is 11.9. The van der Waals surface area contributed by atoms with Crippen molar-refractivity contribution in [2.24, 2.45) is 0 Å². The lowest BCUT2D eigenvalue weighted by Crippen LogP contribution is -2.48. The molecule has 1 atom stereocenters. The molecule has 0 radical (unpaired) electrons. The Balaban J connectivity index is 1.44. The second-order valence-electron chi connectivity index (χ2n) is 8.49. The van der Waals surface area contributed by atoms with E-state index in [-0.39, 0.29) is 11.8 Å². The van der Waals surface area contributed by atoms with Gasteiger partial charge in [-0.3, -0.25) is 14.4 Å². The minimum Gasteiger partial charge on any atom is -0.337 e. The number of urea groups is 1. The summed E-state index contributed by atoms with van der Waals surface area (Å²) in [6, 6.07) is 3.74. The highest BCUT2D eigenvalue weighted by atomic mass is 32.2. The topological polar surface area (TPSA) is 98.8 Å². The van der Waals surface area contributed by atoms with Crippen LogP contribution in [0.1, 0.15) is 48.5 Å². The monoisotopic (exact) mass is 444 g/mol. The van der Waals surface area contributed by atoms with E-state index in [1.165, 1.54) is 0 Å². The Morgan fingerprint density at radius 2 is 1.84 bits per heavy atom. The van der Waals surface area contributed by atoms with Crippen LogP contribution in [0.2, 0.25) is 0 Å². The maximum Gasteiger partial charge on any atom is 0.325 e. The van der Waals surface area contributed by atoms with Crippen molar-refractivity contribution in [3.05, 3.63) is 29.3 Å². The Labute approximate surface area is 186 Å². The number of rotatable bonds is 4. The molecule has 1 aromatic carbocycles. The number of hydrogen-bond donors (Lipinski definition) is 2. The molecule has 3 aliphatic rings. The number of thioether (sulfide) groups is 1. The fourth-order valence-corrected chi connectivity index (χ4v) is 5.45. The average molecular weight is 445 g/mol. The molecule has 9 heteroatoms. The molecule has 8 nitrogen and oxygen atoms in total. The predicted molar refractivity (Wildman–Crippen MR) is 119 cm³/mol. The number of imide groups is 1. The third-order valence-corrected chi connectivity index (χ3v) is 7.39. The molecule has 1 spiro atoms. The molecular weight excluding hydrogens is 416 g/mol. The summed E-state index contributed by atoms with van der Waals surface area (Å²) in [5, 5.41) is 5.62. The smallest absolute Gasteiger partial charge is 0.325 e. The van der Waals surface area contributed by atoms with Gasteiger partial charge in [0.25, 0.3) is 11.8 Å². The number of anilines is 1. The normalized spacial score (nSPS) is 21.4. The van der Waals surface area contributed by atoms with E-state index >= 15 is 0 Å². The molecule has 2 aliphatic heterocycles. The van der Waals surface area contributed by atoms with Crippen molar-refractivity contribution in [3.63, 3.8) is 0 Å². The van der Waals surface area contributed by atoms with Gasteiger partial charge in [0.2, 0.25) is 5.91 Å². The minimum absolute atomic E-state index is 0.00385. The Bertz CT molecular complexity index is 922. The van der Waals surface area contributed by atoms with Crippen molar-refractivity contribution in [1.29, 1.82) is 0 Å². The van der Waals surface area contributed by atoms with E-state index in [0.717, 1.165) is 47.9 Å². The summed E-state index contributed by atoms with van der Waals surface area (Å²) in [6.07, 6.45) is 3.02. The van der Waals surface area contributed by atoms with Crippen LogP contribution in [0.25, 0.3) is 0 Å². The largest absolute Gasteiger partial charge is 0.337 e. The zero-order valence-electron chi connectivity index (χ0n) is 17.9. The summed E-state index contributed by atoms with van der Waals surface area (Å²) >= 11 is 1.85. The highest BCUT2D eigenvalue weighted by molar-refractivity contribution is 7.99. The molecule has 3 fully saturated rings. The van der Waals surface area contributed by atoms with Crippen molar-refractivity contribution in [1.82, 2.24) is 15.1 Å². The first kappa shape index (κ1) is 21.7. The molecule has 166 valence electrons. The van der Waals surface area contributed by atoms with E-state index in [1.54, 1.807) is 25.1 Å². The van der Waals surface area contributed by atoms with Gasteiger partial charge in [-0.25, -0.2) is 9.69 Å². The molecular formula is C22H28N4O4S. The number of benzene rings is 1. The zero-order chi connectivity index (χ0) is 22.2. The first-order chi connectivity index (χ1) is 14.8. The Morgan fingerprint density at radius 3 is 2.48 bits per heavy atom. The standard InChI is InChI=1S/C22H28N4O4S/c1-14-13-16(19(28)25-9-11-31-12-10-25)5-6-17(14)23-18(27)15(2)26-20(29)22(24-21(26)30)7-3-4-8-22/h5-6,13,15H,3-4,7-12H2,1-2H3,(H,23,27)(H,24,30). The Kier molecular flexibility index (Phi) is 5.96. The summed E-state index contributed by atoms with van der Waals surface area (Å²) < 4.78 is 0. The lowest BCUT2D eigenvalue weighted by Gasteiger charge is -2.27. The average Bonchev–Trinajstić information content (AvgIpc) is 3.33. The van der Waals surface area contributed by atoms with Gasteiger partial charge in [0.15, 0.2) is 0 Å². The summed E-state index contributed by atoms with van der Waals surface area (Å²) in [4.78, 5) is 53.8. The van der Waals surface area contributed by atoms with Crippen LogP contribution in [0.15, 0.2) is 18.2 Å². The van der Waals surface area contributed by atoms with Gasteiger partial charge in [0, 0.05) is 35.8 Å².